The molecule has 2 aliphatic rings. The number of Topliss-reactive ketones (excluding diaryl/α,β-unsaturated/α-hetero) is 1. The van der Waals surface area contributed by atoms with Crippen LogP contribution in [0.4, 0.5) is 15.2 Å². The quantitative estimate of drug-likeness (QED) is 0.329. The van der Waals surface area contributed by atoms with Gasteiger partial charge >= 0.3 is 0 Å². The summed E-state index contributed by atoms with van der Waals surface area (Å²) < 4.78 is 13.6. The number of benzene rings is 2. The molecule has 8 nitrogen and oxygen atoms in total. The number of aromatic nitrogens is 2. The third-order valence-corrected chi connectivity index (χ3v) is 8.94. The van der Waals surface area contributed by atoms with Gasteiger partial charge in [-0.1, -0.05) is 52.4 Å². The minimum absolute atomic E-state index is 0.0420. The van der Waals surface area contributed by atoms with Crippen LogP contribution in [0.3, 0.4) is 0 Å². The van der Waals surface area contributed by atoms with E-state index in [9.17, 15) is 19.2 Å². The molecule has 3 N–H and O–H groups in total. The molecule has 1 atom stereocenters. The molecule has 1 unspecified atom stereocenters. The Hall–Kier alpha value is -3.43. The lowest BCUT2D eigenvalue weighted by Gasteiger charge is -2.38. The lowest BCUT2D eigenvalue weighted by Crippen LogP contribution is -2.38. The molecule has 1 amide bonds. The van der Waals surface area contributed by atoms with E-state index in [1.807, 2.05) is 0 Å². The lowest BCUT2D eigenvalue weighted by molar-refractivity contribution is -0.116. The molecule has 1 aliphatic carbocycles. The third-order valence-electron chi connectivity index (χ3n) is 6.24. The van der Waals surface area contributed by atoms with E-state index in [1.54, 1.807) is 23.1 Å². The third kappa shape index (κ3) is 5.38. The number of nitrogens with one attached hydrogen (secondary N) is 1. The minimum Gasteiger partial charge on any atom is -0.384 e. The van der Waals surface area contributed by atoms with Crippen LogP contribution in [0.5, 0.6) is 0 Å². The predicted molar refractivity (Wildman–Crippen MR) is 150 cm³/mol. The molecule has 2 heterocycles. The van der Waals surface area contributed by atoms with Crippen molar-refractivity contribution in [2.75, 3.05) is 16.0 Å². The molecule has 198 valence electrons. The van der Waals surface area contributed by atoms with Gasteiger partial charge in [-0.05, 0) is 49.2 Å². The average Bonchev–Trinajstić information content (AvgIpc) is 3.37. The highest BCUT2D eigenvalue weighted by Crippen LogP contribution is 2.49. The largest absolute Gasteiger partial charge is 0.384 e. The summed E-state index contributed by atoms with van der Waals surface area (Å²) in [6, 6.07) is 12.6. The van der Waals surface area contributed by atoms with Gasteiger partial charge < -0.3 is 11.1 Å². The number of thioether (sulfide) groups is 1. The van der Waals surface area contributed by atoms with Crippen LogP contribution in [-0.4, -0.2) is 27.6 Å². The van der Waals surface area contributed by atoms with Crippen molar-refractivity contribution in [3.05, 3.63) is 86.6 Å². The second-order valence-corrected chi connectivity index (χ2v) is 11.6. The number of hydrogen-bond acceptors (Lipinski definition) is 9. The normalized spacial score (nSPS) is 17.2. The Labute approximate surface area is 241 Å². The second kappa shape index (κ2) is 11.4. The Morgan fingerprint density at radius 1 is 1.21 bits per heavy atom. The molecule has 0 radical (unpaired) electrons. The van der Waals surface area contributed by atoms with Crippen LogP contribution in [0.2, 0.25) is 10.0 Å². The van der Waals surface area contributed by atoms with Crippen LogP contribution >= 0.6 is 46.3 Å². The first-order valence-electron chi connectivity index (χ1n) is 11.7. The van der Waals surface area contributed by atoms with Crippen molar-refractivity contribution >= 4 is 68.8 Å². The number of nitrogens with zero attached hydrogens (tertiary/aromatic N) is 4. The second-order valence-electron chi connectivity index (χ2n) is 8.65. The van der Waals surface area contributed by atoms with Crippen molar-refractivity contribution in [2.24, 2.45) is 5.73 Å². The highest BCUT2D eigenvalue weighted by molar-refractivity contribution is 8.01. The van der Waals surface area contributed by atoms with Crippen LogP contribution in [0.15, 0.2) is 69.5 Å². The van der Waals surface area contributed by atoms with Crippen molar-refractivity contribution in [3.63, 3.8) is 0 Å². The van der Waals surface area contributed by atoms with Gasteiger partial charge in [0.2, 0.25) is 11.0 Å². The van der Waals surface area contributed by atoms with E-state index >= 15 is 0 Å². The first kappa shape index (κ1) is 27.1. The van der Waals surface area contributed by atoms with Crippen molar-refractivity contribution in [1.82, 2.24) is 10.2 Å². The van der Waals surface area contributed by atoms with Gasteiger partial charge in [0.15, 0.2) is 10.1 Å². The Kier molecular flexibility index (Phi) is 7.91. The smallest absolute Gasteiger partial charge is 0.234 e. The number of amides is 1. The summed E-state index contributed by atoms with van der Waals surface area (Å²) >= 11 is 15.4. The number of allylic oxidation sites excluding steroid dienone is 3. The van der Waals surface area contributed by atoms with Gasteiger partial charge in [0, 0.05) is 39.0 Å². The van der Waals surface area contributed by atoms with E-state index in [0.29, 0.717) is 61.3 Å². The van der Waals surface area contributed by atoms with Crippen molar-refractivity contribution in [1.29, 1.82) is 5.26 Å². The van der Waals surface area contributed by atoms with Gasteiger partial charge in [-0.2, -0.15) is 5.26 Å². The van der Waals surface area contributed by atoms with Crippen molar-refractivity contribution in [2.45, 2.75) is 29.5 Å². The number of nitrogens with two attached hydrogens (primary N) is 1. The Balaban J connectivity index is 1.45. The maximum Gasteiger partial charge on any atom is 0.234 e. The van der Waals surface area contributed by atoms with Crippen LogP contribution in [0, 0.1) is 17.1 Å². The molecule has 13 heteroatoms. The Morgan fingerprint density at radius 2 is 1.92 bits per heavy atom. The SMILES string of the molecule is N#CC1=C(N)N(c2nnc(SCC(=O)Nc3ccc(F)cc3)s2)C2=C(C(=O)CCC2)C1c1c(Cl)cccc1Cl. The summed E-state index contributed by atoms with van der Waals surface area (Å²) in [5, 5.41) is 22.3. The molecule has 1 aliphatic heterocycles. The van der Waals surface area contributed by atoms with Crippen LogP contribution in [0.1, 0.15) is 30.7 Å². The summed E-state index contributed by atoms with van der Waals surface area (Å²) in [5.41, 5.74) is 8.70. The fraction of sp³-hybridized carbons (Fsp3) is 0.192. The highest BCUT2D eigenvalue weighted by atomic mass is 35.5. The van der Waals surface area contributed by atoms with Crippen LogP contribution in [-0.2, 0) is 9.59 Å². The molecule has 0 spiro atoms. The number of anilines is 2. The van der Waals surface area contributed by atoms with E-state index in [-0.39, 0.29) is 28.8 Å². The van der Waals surface area contributed by atoms with Gasteiger partial charge in [0.1, 0.15) is 11.6 Å². The summed E-state index contributed by atoms with van der Waals surface area (Å²) in [5.74, 6) is -1.44. The molecule has 2 aromatic carbocycles. The number of hydrogen-bond donors (Lipinski definition) is 2. The molecule has 39 heavy (non-hydrogen) atoms. The van der Waals surface area contributed by atoms with Gasteiger partial charge in [-0.15, -0.1) is 10.2 Å². The van der Waals surface area contributed by atoms with Gasteiger partial charge in [0.05, 0.1) is 23.3 Å². The highest BCUT2D eigenvalue weighted by Gasteiger charge is 2.42. The first-order valence-corrected chi connectivity index (χ1v) is 14.3. The number of rotatable bonds is 6. The standard InChI is InChI=1S/C26H19Cl2FN6O2S2/c27-16-3-1-4-17(28)22(16)21-15(11-30)24(31)35(18-5-2-6-19(36)23(18)21)25-33-34-26(39-25)38-12-20(37)32-14-9-7-13(29)8-10-14/h1,3-4,7-10,21H,2,5-6,12,31H2,(H,32,37). The minimum atomic E-state index is -0.799. The summed E-state index contributed by atoms with van der Waals surface area (Å²) in [6.07, 6.45) is 1.46. The molecular weight excluding hydrogens is 582 g/mol. The van der Waals surface area contributed by atoms with Crippen LogP contribution in [0.25, 0.3) is 0 Å². The number of carbonyl (C=O) groups excluding carboxylic acids is 2. The van der Waals surface area contributed by atoms with Crippen molar-refractivity contribution < 1.29 is 14.0 Å². The van der Waals surface area contributed by atoms with E-state index in [2.05, 4.69) is 21.6 Å². The monoisotopic (exact) mass is 600 g/mol. The number of ketones is 1. The number of halogens is 3. The van der Waals surface area contributed by atoms with Crippen LogP contribution < -0.4 is 16.0 Å². The van der Waals surface area contributed by atoms with E-state index in [4.69, 9.17) is 28.9 Å². The Morgan fingerprint density at radius 3 is 2.62 bits per heavy atom. The molecule has 3 aromatic rings. The molecule has 0 saturated carbocycles. The average molecular weight is 602 g/mol. The first-order chi connectivity index (χ1) is 18.8. The maximum absolute atomic E-state index is 13.3. The molecule has 0 bridgehead atoms. The molecular formula is C26H19Cl2FN6O2S2. The molecule has 5 rings (SSSR count). The zero-order valence-electron chi connectivity index (χ0n) is 20.1. The zero-order chi connectivity index (χ0) is 27.7. The maximum atomic E-state index is 13.3. The van der Waals surface area contributed by atoms with E-state index in [0.717, 1.165) is 0 Å². The van der Waals surface area contributed by atoms with Gasteiger partial charge in [-0.25, -0.2) is 4.39 Å². The van der Waals surface area contributed by atoms with E-state index in [1.165, 1.54) is 47.4 Å². The molecule has 0 saturated heterocycles. The van der Waals surface area contributed by atoms with E-state index < -0.39 is 11.7 Å². The zero-order valence-corrected chi connectivity index (χ0v) is 23.2. The van der Waals surface area contributed by atoms with Gasteiger partial charge in [-0.3, -0.25) is 14.5 Å². The fourth-order valence-corrected chi connectivity index (χ4v) is 6.89. The summed E-state index contributed by atoms with van der Waals surface area (Å²) in [6.45, 7) is 0. The predicted octanol–water partition coefficient (Wildman–Crippen LogP) is 6.02. The van der Waals surface area contributed by atoms with Gasteiger partial charge in [0.25, 0.3) is 0 Å². The number of carbonyl (C=O) groups is 2. The molecule has 1 aromatic heterocycles. The Bertz CT molecular complexity index is 1560. The topological polar surface area (TPSA) is 125 Å². The summed E-state index contributed by atoms with van der Waals surface area (Å²) in [4.78, 5) is 27.2. The fourth-order valence-electron chi connectivity index (χ4n) is 4.59. The lowest BCUT2D eigenvalue weighted by atomic mass is 9.75. The number of nitriles is 1. The molecule has 0 fully saturated rings. The van der Waals surface area contributed by atoms with Crippen molar-refractivity contribution in [3.8, 4) is 6.07 Å². The summed E-state index contributed by atoms with van der Waals surface area (Å²) in [7, 11) is 0.